The van der Waals surface area contributed by atoms with Crippen molar-refractivity contribution in [2.24, 2.45) is 5.73 Å². The lowest BCUT2D eigenvalue weighted by molar-refractivity contribution is -0.124. The van der Waals surface area contributed by atoms with E-state index < -0.39 is 0 Å². The Morgan fingerprint density at radius 2 is 2.50 bits per heavy atom. The van der Waals surface area contributed by atoms with E-state index in [9.17, 15) is 0 Å². The molecule has 0 radical (unpaired) electrons. The Morgan fingerprint density at radius 1 is 1.56 bits per heavy atom. The van der Waals surface area contributed by atoms with Crippen molar-refractivity contribution >= 4 is 0 Å². The van der Waals surface area contributed by atoms with Gasteiger partial charge >= 0.3 is 0 Å². The molecule has 1 saturated heterocycles. The molecule has 2 rings (SSSR count). The lowest BCUT2D eigenvalue weighted by Gasteiger charge is -2.35. The van der Waals surface area contributed by atoms with E-state index in [-0.39, 0.29) is 5.60 Å². The van der Waals surface area contributed by atoms with E-state index >= 15 is 0 Å². The normalized spacial score (nSPS) is 25.8. The van der Waals surface area contributed by atoms with E-state index in [1.54, 1.807) is 6.20 Å². The molecular weight excluding hydrogens is 206 g/mol. The standard InChI is InChI=1S/C11H19N3O2/c12-9-11(3-1-7-15-10-11)16-8-6-14-5-2-4-13-14/h2,4-5H,1,3,6-10,12H2. The molecule has 90 valence electrons. The van der Waals surface area contributed by atoms with Crippen molar-refractivity contribution in [2.45, 2.75) is 25.0 Å². The van der Waals surface area contributed by atoms with E-state index in [2.05, 4.69) is 5.10 Å². The molecule has 0 spiro atoms. The maximum Gasteiger partial charge on any atom is 0.104 e. The van der Waals surface area contributed by atoms with Crippen LogP contribution in [0.3, 0.4) is 0 Å². The van der Waals surface area contributed by atoms with Crippen LogP contribution in [-0.4, -0.2) is 41.7 Å². The molecule has 0 aromatic carbocycles. The van der Waals surface area contributed by atoms with Gasteiger partial charge in [-0.15, -0.1) is 0 Å². The van der Waals surface area contributed by atoms with Gasteiger partial charge in [0.1, 0.15) is 5.60 Å². The first-order chi connectivity index (χ1) is 7.85. The Kier molecular flexibility index (Phi) is 3.93. The zero-order chi connectivity index (χ0) is 11.3. The van der Waals surface area contributed by atoms with Gasteiger partial charge in [-0.05, 0) is 18.9 Å². The second-order valence-electron chi connectivity index (χ2n) is 4.16. The summed E-state index contributed by atoms with van der Waals surface area (Å²) in [5.74, 6) is 0. The highest BCUT2D eigenvalue weighted by atomic mass is 16.5. The van der Waals surface area contributed by atoms with Crippen LogP contribution in [0.25, 0.3) is 0 Å². The molecule has 1 unspecified atom stereocenters. The van der Waals surface area contributed by atoms with Gasteiger partial charge in [-0.3, -0.25) is 4.68 Å². The molecule has 0 bridgehead atoms. The maximum absolute atomic E-state index is 5.88. The summed E-state index contributed by atoms with van der Waals surface area (Å²) in [5, 5.41) is 4.12. The molecule has 1 fully saturated rings. The molecule has 0 amide bonds. The summed E-state index contributed by atoms with van der Waals surface area (Å²) in [7, 11) is 0. The second-order valence-corrected chi connectivity index (χ2v) is 4.16. The largest absolute Gasteiger partial charge is 0.378 e. The summed E-state index contributed by atoms with van der Waals surface area (Å²) in [6, 6.07) is 1.91. The third-order valence-electron chi connectivity index (χ3n) is 2.95. The Morgan fingerprint density at radius 3 is 3.12 bits per heavy atom. The molecular formula is C11H19N3O2. The molecule has 0 aliphatic carbocycles. The average molecular weight is 225 g/mol. The predicted octanol–water partition coefficient (Wildman–Crippen LogP) is 0.408. The first kappa shape index (κ1) is 11.6. The van der Waals surface area contributed by atoms with Crippen molar-refractivity contribution in [2.75, 3.05) is 26.4 Å². The van der Waals surface area contributed by atoms with Crippen molar-refractivity contribution in [1.29, 1.82) is 0 Å². The molecule has 1 aliphatic heterocycles. The fourth-order valence-corrected chi connectivity index (χ4v) is 1.95. The van der Waals surface area contributed by atoms with Crippen LogP contribution in [0.1, 0.15) is 12.8 Å². The molecule has 1 aromatic rings. The minimum atomic E-state index is -0.272. The summed E-state index contributed by atoms with van der Waals surface area (Å²) in [4.78, 5) is 0. The van der Waals surface area contributed by atoms with Gasteiger partial charge in [0.25, 0.3) is 0 Å². The van der Waals surface area contributed by atoms with Crippen LogP contribution >= 0.6 is 0 Å². The zero-order valence-corrected chi connectivity index (χ0v) is 9.47. The first-order valence-corrected chi connectivity index (χ1v) is 5.74. The fourth-order valence-electron chi connectivity index (χ4n) is 1.95. The molecule has 2 N–H and O–H groups in total. The van der Waals surface area contributed by atoms with Gasteiger partial charge in [-0.25, -0.2) is 0 Å². The summed E-state index contributed by atoms with van der Waals surface area (Å²) < 4.78 is 13.2. The Hall–Kier alpha value is -0.910. The number of hydrogen-bond donors (Lipinski definition) is 1. The van der Waals surface area contributed by atoms with Crippen LogP contribution in [0, 0.1) is 0 Å². The fraction of sp³-hybridized carbons (Fsp3) is 0.727. The van der Waals surface area contributed by atoms with Crippen molar-refractivity contribution in [3.63, 3.8) is 0 Å². The lowest BCUT2D eigenvalue weighted by Crippen LogP contribution is -2.48. The van der Waals surface area contributed by atoms with Gasteiger partial charge in [0.15, 0.2) is 0 Å². The zero-order valence-electron chi connectivity index (χ0n) is 9.47. The highest BCUT2D eigenvalue weighted by molar-refractivity contribution is 4.84. The van der Waals surface area contributed by atoms with Gasteiger partial charge in [0.05, 0.1) is 19.8 Å². The summed E-state index contributed by atoms with van der Waals surface area (Å²) in [6.45, 7) is 3.34. The quantitative estimate of drug-likeness (QED) is 0.788. The van der Waals surface area contributed by atoms with Crippen LogP contribution in [0.15, 0.2) is 18.5 Å². The second kappa shape index (κ2) is 5.43. The highest BCUT2D eigenvalue weighted by Gasteiger charge is 2.32. The van der Waals surface area contributed by atoms with Gasteiger partial charge in [0, 0.05) is 25.5 Å². The monoisotopic (exact) mass is 225 g/mol. The van der Waals surface area contributed by atoms with Crippen molar-refractivity contribution in [3.05, 3.63) is 18.5 Å². The van der Waals surface area contributed by atoms with E-state index in [0.717, 1.165) is 26.0 Å². The number of ether oxygens (including phenoxy) is 2. The Bertz CT molecular complexity index is 294. The molecule has 5 nitrogen and oxygen atoms in total. The van der Waals surface area contributed by atoms with Crippen LogP contribution in [0.4, 0.5) is 0 Å². The van der Waals surface area contributed by atoms with Gasteiger partial charge in [0.2, 0.25) is 0 Å². The first-order valence-electron chi connectivity index (χ1n) is 5.74. The molecule has 1 aliphatic rings. The van der Waals surface area contributed by atoms with Crippen LogP contribution in [-0.2, 0) is 16.0 Å². The van der Waals surface area contributed by atoms with E-state index in [0.29, 0.717) is 19.8 Å². The SMILES string of the molecule is NCC1(OCCn2cccn2)CCCOC1. The molecule has 5 heteroatoms. The number of nitrogens with two attached hydrogens (primary N) is 1. The van der Waals surface area contributed by atoms with Gasteiger partial charge in [-0.2, -0.15) is 5.10 Å². The molecule has 2 heterocycles. The summed E-state index contributed by atoms with van der Waals surface area (Å²) >= 11 is 0. The van der Waals surface area contributed by atoms with Crippen LogP contribution < -0.4 is 5.73 Å². The predicted molar refractivity (Wildman–Crippen MR) is 60.0 cm³/mol. The van der Waals surface area contributed by atoms with Gasteiger partial charge in [-0.1, -0.05) is 0 Å². The van der Waals surface area contributed by atoms with Crippen molar-refractivity contribution in [1.82, 2.24) is 9.78 Å². The summed E-state index contributed by atoms with van der Waals surface area (Å²) in [6.07, 6.45) is 5.71. The molecule has 1 atom stereocenters. The maximum atomic E-state index is 5.88. The van der Waals surface area contributed by atoms with E-state index in [1.807, 2.05) is 16.9 Å². The third kappa shape index (κ3) is 2.81. The summed E-state index contributed by atoms with van der Waals surface area (Å²) in [5.41, 5.74) is 5.50. The number of nitrogens with zero attached hydrogens (tertiary/aromatic N) is 2. The third-order valence-corrected chi connectivity index (χ3v) is 2.95. The van der Waals surface area contributed by atoms with Crippen LogP contribution in [0.2, 0.25) is 0 Å². The topological polar surface area (TPSA) is 62.3 Å². The average Bonchev–Trinajstić information content (AvgIpc) is 2.83. The van der Waals surface area contributed by atoms with Crippen molar-refractivity contribution < 1.29 is 9.47 Å². The molecule has 16 heavy (non-hydrogen) atoms. The van der Waals surface area contributed by atoms with E-state index in [4.69, 9.17) is 15.2 Å². The highest BCUT2D eigenvalue weighted by Crippen LogP contribution is 2.22. The number of hydrogen-bond acceptors (Lipinski definition) is 4. The Balaban J connectivity index is 1.78. The smallest absolute Gasteiger partial charge is 0.104 e. The molecule has 1 aromatic heterocycles. The minimum Gasteiger partial charge on any atom is -0.378 e. The van der Waals surface area contributed by atoms with E-state index in [1.165, 1.54) is 0 Å². The number of rotatable bonds is 5. The minimum absolute atomic E-state index is 0.272. The van der Waals surface area contributed by atoms with Crippen LogP contribution in [0.5, 0.6) is 0 Å². The molecule has 0 saturated carbocycles. The Labute approximate surface area is 95.5 Å². The lowest BCUT2D eigenvalue weighted by atomic mass is 9.97. The number of aromatic nitrogens is 2. The van der Waals surface area contributed by atoms with Gasteiger partial charge < -0.3 is 15.2 Å². The van der Waals surface area contributed by atoms with Crippen molar-refractivity contribution in [3.8, 4) is 0 Å².